The molecule has 2 heterocycles. The SMILES string of the molecule is CCOc1ccc2nc(NC(=O)COC(=O)c3c4c(nc5ccccc35)CCC4)sc2c1. The van der Waals surface area contributed by atoms with E-state index in [0.29, 0.717) is 17.3 Å². The van der Waals surface area contributed by atoms with Crippen LogP contribution in [0.2, 0.25) is 0 Å². The van der Waals surface area contributed by atoms with Crippen molar-refractivity contribution in [1.29, 1.82) is 0 Å². The Morgan fingerprint density at radius 1 is 1.09 bits per heavy atom. The summed E-state index contributed by atoms with van der Waals surface area (Å²) < 4.78 is 11.8. The van der Waals surface area contributed by atoms with Crippen LogP contribution in [-0.4, -0.2) is 35.1 Å². The summed E-state index contributed by atoms with van der Waals surface area (Å²) in [4.78, 5) is 34.5. The van der Waals surface area contributed by atoms with Crippen molar-refractivity contribution in [3.63, 3.8) is 0 Å². The lowest BCUT2D eigenvalue weighted by Crippen LogP contribution is -2.21. The number of ether oxygens (including phenoxy) is 2. The number of aromatic nitrogens is 2. The smallest absolute Gasteiger partial charge is 0.339 e. The van der Waals surface area contributed by atoms with Crippen LogP contribution in [0, 0.1) is 0 Å². The fourth-order valence-electron chi connectivity index (χ4n) is 4.02. The average molecular weight is 448 g/mol. The Bertz CT molecular complexity index is 1350. The first kappa shape index (κ1) is 20.4. The van der Waals surface area contributed by atoms with E-state index in [0.717, 1.165) is 57.4 Å². The molecular formula is C24H21N3O4S. The number of carbonyl (C=O) groups is 2. The predicted molar refractivity (Wildman–Crippen MR) is 123 cm³/mol. The number of aryl methyl sites for hydroxylation is 1. The van der Waals surface area contributed by atoms with Gasteiger partial charge in [-0.3, -0.25) is 15.1 Å². The number of anilines is 1. The van der Waals surface area contributed by atoms with E-state index >= 15 is 0 Å². The van der Waals surface area contributed by atoms with E-state index in [1.165, 1.54) is 11.3 Å². The summed E-state index contributed by atoms with van der Waals surface area (Å²) in [6.45, 7) is 2.12. The summed E-state index contributed by atoms with van der Waals surface area (Å²) in [5.41, 5.74) is 3.95. The Kier molecular flexibility index (Phi) is 5.45. The molecule has 162 valence electrons. The first-order chi connectivity index (χ1) is 15.6. The van der Waals surface area contributed by atoms with Crippen molar-refractivity contribution in [2.45, 2.75) is 26.2 Å². The first-order valence-corrected chi connectivity index (χ1v) is 11.3. The third-order valence-corrected chi connectivity index (χ3v) is 6.31. The van der Waals surface area contributed by atoms with Crippen molar-refractivity contribution in [2.75, 3.05) is 18.5 Å². The molecule has 1 aliphatic carbocycles. The highest BCUT2D eigenvalue weighted by Crippen LogP contribution is 2.31. The normalized spacial score (nSPS) is 12.7. The van der Waals surface area contributed by atoms with E-state index in [9.17, 15) is 9.59 Å². The van der Waals surface area contributed by atoms with Crippen LogP contribution in [0.1, 0.15) is 35.0 Å². The number of esters is 1. The second kappa shape index (κ2) is 8.55. The van der Waals surface area contributed by atoms with Gasteiger partial charge in [-0.1, -0.05) is 29.5 Å². The van der Waals surface area contributed by atoms with Gasteiger partial charge in [-0.05, 0) is 56.0 Å². The summed E-state index contributed by atoms with van der Waals surface area (Å²) in [6.07, 6.45) is 2.60. The molecule has 0 saturated carbocycles. The number of benzene rings is 2. The van der Waals surface area contributed by atoms with Crippen molar-refractivity contribution in [3.05, 3.63) is 59.3 Å². The molecule has 1 aliphatic rings. The lowest BCUT2D eigenvalue weighted by atomic mass is 10.0. The Labute approximate surface area is 188 Å². The summed E-state index contributed by atoms with van der Waals surface area (Å²) in [6, 6.07) is 13.1. The van der Waals surface area contributed by atoms with Crippen LogP contribution in [0.4, 0.5) is 5.13 Å². The molecule has 0 aliphatic heterocycles. The summed E-state index contributed by atoms with van der Waals surface area (Å²) in [5, 5.41) is 3.93. The highest BCUT2D eigenvalue weighted by Gasteiger charge is 2.25. The second-order valence-electron chi connectivity index (χ2n) is 7.49. The second-order valence-corrected chi connectivity index (χ2v) is 8.52. The van der Waals surface area contributed by atoms with Gasteiger partial charge < -0.3 is 9.47 Å². The molecule has 4 aromatic rings. The van der Waals surface area contributed by atoms with Gasteiger partial charge in [-0.25, -0.2) is 9.78 Å². The highest BCUT2D eigenvalue weighted by molar-refractivity contribution is 7.22. The van der Waals surface area contributed by atoms with E-state index in [4.69, 9.17) is 9.47 Å². The van der Waals surface area contributed by atoms with Gasteiger partial charge in [0.2, 0.25) is 0 Å². The molecule has 0 fully saturated rings. The Balaban J connectivity index is 1.30. The third-order valence-electron chi connectivity index (χ3n) is 5.38. The minimum atomic E-state index is -0.498. The molecule has 2 aromatic carbocycles. The fraction of sp³-hybridized carbons (Fsp3) is 0.250. The Hall–Kier alpha value is -3.52. The standard InChI is InChI=1S/C24H21N3O4S/c1-2-30-14-10-11-19-20(12-14)32-24(26-19)27-21(28)13-31-23(29)22-15-6-3-4-8-17(15)25-18-9-5-7-16(18)22/h3-4,6,8,10-12H,2,5,7,9,13H2,1H3,(H,26,27,28). The lowest BCUT2D eigenvalue weighted by molar-refractivity contribution is -0.119. The summed E-state index contributed by atoms with van der Waals surface area (Å²) in [7, 11) is 0. The quantitative estimate of drug-likeness (QED) is 0.437. The Morgan fingerprint density at radius 2 is 1.97 bits per heavy atom. The van der Waals surface area contributed by atoms with Crippen LogP contribution >= 0.6 is 11.3 Å². The maximum Gasteiger partial charge on any atom is 0.339 e. The van der Waals surface area contributed by atoms with Gasteiger partial charge in [-0.2, -0.15) is 0 Å². The first-order valence-electron chi connectivity index (χ1n) is 10.5. The van der Waals surface area contributed by atoms with Crippen LogP contribution in [0.15, 0.2) is 42.5 Å². The van der Waals surface area contributed by atoms with Crippen molar-refractivity contribution >= 4 is 49.5 Å². The molecule has 1 N–H and O–H groups in total. The summed E-state index contributed by atoms with van der Waals surface area (Å²) in [5.74, 6) is -0.174. The molecule has 0 unspecified atom stereocenters. The highest BCUT2D eigenvalue weighted by atomic mass is 32.1. The van der Waals surface area contributed by atoms with Gasteiger partial charge in [0.15, 0.2) is 11.7 Å². The average Bonchev–Trinajstić information content (AvgIpc) is 3.41. The number of amides is 1. The van der Waals surface area contributed by atoms with Crippen LogP contribution in [0.5, 0.6) is 5.75 Å². The van der Waals surface area contributed by atoms with Crippen molar-refractivity contribution in [3.8, 4) is 5.75 Å². The zero-order valence-electron chi connectivity index (χ0n) is 17.5. The molecule has 0 atom stereocenters. The zero-order chi connectivity index (χ0) is 22.1. The van der Waals surface area contributed by atoms with E-state index in [-0.39, 0.29) is 6.61 Å². The van der Waals surface area contributed by atoms with Gasteiger partial charge in [0, 0.05) is 11.1 Å². The Morgan fingerprint density at radius 3 is 2.84 bits per heavy atom. The minimum absolute atomic E-state index is 0.385. The maximum atomic E-state index is 13.0. The third kappa shape index (κ3) is 3.89. The molecule has 0 radical (unpaired) electrons. The number of carbonyl (C=O) groups excluding carboxylic acids is 2. The van der Waals surface area contributed by atoms with Crippen LogP contribution in [-0.2, 0) is 22.4 Å². The molecule has 7 nitrogen and oxygen atoms in total. The van der Waals surface area contributed by atoms with Crippen molar-refractivity contribution in [2.24, 2.45) is 0 Å². The molecule has 1 amide bonds. The number of para-hydroxylation sites is 1. The lowest BCUT2D eigenvalue weighted by Gasteiger charge is -2.12. The molecule has 0 saturated heterocycles. The van der Waals surface area contributed by atoms with Gasteiger partial charge in [0.25, 0.3) is 5.91 Å². The van der Waals surface area contributed by atoms with Gasteiger partial charge in [0.1, 0.15) is 5.75 Å². The molecule has 0 spiro atoms. The number of pyridine rings is 1. The maximum absolute atomic E-state index is 13.0. The molecule has 32 heavy (non-hydrogen) atoms. The van der Waals surface area contributed by atoms with E-state index < -0.39 is 11.9 Å². The molecule has 0 bridgehead atoms. The number of hydrogen-bond acceptors (Lipinski definition) is 7. The van der Waals surface area contributed by atoms with Gasteiger partial charge >= 0.3 is 5.97 Å². The molecule has 2 aromatic heterocycles. The van der Waals surface area contributed by atoms with Crippen molar-refractivity contribution in [1.82, 2.24) is 9.97 Å². The van der Waals surface area contributed by atoms with Crippen LogP contribution < -0.4 is 10.1 Å². The van der Waals surface area contributed by atoms with Crippen LogP contribution in [0.25, 0.3) is 21.1 Å². The number of fused-ring (bicyclic) bond motifs is 3. The number of nitrogens with one attached hydrogen (secondary N) is 1. The minimum Gasteiger partial charge on any atom is -0.494 e. The molecule has 8 heteroatoms. The monoisotopic (exact) mass is 447 g/mol. The number of thiazole rings is 1. The number of hydrogen-bond donors (Lipinski definition) is 1. The predicted octanol–water partition coefficient (Wildman–Crippen LogP) is 4.53. The molecule has 5 rings (SSSR count). The number of nitrogens with zero attached hydrogens (tertiary/aromatic N) is 2. The zero-order valence-corrected chi connectivity index (χ0v) is 18.3. The van der Waals surface area contributed by atoms with Crippen LogP contribution in [0.3, 0.4) is 0 Å². The fourth-order valence-corrected chi connectivity index (χ4v) is 4.93. The largest absolute Gasteiger partial charge is 0.494 e. The van der Waals surface area contributed by atoms with Gasteiger partial charge in [-0.15, -0.1) is 0 Å². The molecular weight excluding hydrogens is 426 g/mol. The van der Waals surface area contributed by atoms with Gasteiger partial charge in [0.05, 0.1) is 27.9 Å². The van der Waals surface area contributed by atoms with Crippen molar-refractivity contribution < 1.29 is 19.1 Å². The van der Waals surface area contributed by atoms with E-state index in [2.05, 4.69) is 15.3 Å². The summed E-state index contributed by atoms with van der Waals surface area (Å²) >= 11 is 1.34. The topological polar surface area (TPSA) is 90.4 Å². The number of rotatable bonds is 6. The van der Waals surface area contributed by atoms with E-state index in [1.807, 2.05) is 49.4 Å². The van der Waals surface area contributed by atoms with E-state index in [1.54, 1.807) is 0 Å².